The second kappa shape index (κ2) is 6.29. The summed E-state index contributed by atoms with van der Waals surface area (Å²) in [5.41, 5.74) is 2.01. The molecule has 0 unspecified atom stereocenters. The summed E-state index contributed by atoms with van der Waals surface area (Å²) in [7, 11) is 1.86. The molecule has 0 saturated carbocycles. The quantitative estimate of drug-likeness (QED) is 0.933. The Morgan fingerprint density at radius 1 is 1.43 bits per heavy atom. The topological polar surface area (TPSA) is 61.5 Å². The first-order valence-corrected chi connectivity index (χ1v) is 7.99. The summed E-state index contributed by atoms with van der Waals surface area (Å²) >= 11 is 0. The number of likely N-dealkylation sites (N-methyl/N-ethyl adjacent to an activating group) is 1. The number of ether oxygens (including phenoxy) is 1. The van der Waals surface area contributed by atoms with E-state index < -0.39 is 0 Å². The molecule has 1 aliphatic heterocycles. The number of rotatable bonds is 4. The Balaban J connectivity index is 1.74. The highest BCUT2D eigenvalue weighted by molar-refractivity contribution is 5.97. The van der Waals surface area contributed by atoms with Crippen LogP contribution in [0.4, 0.5) is 0 Å². The zero-order valence-corrected chi connectivity index (χ0v) is 14.0. The Morgan fingerprint density at radius 2 is 2.17 bits per heavy atom. The van der Waals surface area contributed by atoms with E-state index in [0.717, 1.165) is 43.9 Å². The van der Waals surface area contributed by atoms with Gasteiger partial charge in [0.2, 0.25) is 0 Å². The lowest BCUT2D eigenvalue weighted by molar-refractivity contribution is 0.0103. The van der Waals surface area contributed by atoms with Crippen molar-refractivity contribution in [2.24, 2.45) is 0 Å². The van der Waals surface area contributed by atoms with E-state index in [4.69, 9.17) is 4.74 Å². The van der Waals surface area contributed by atoms with Crippen molar-refractivity contribution in [1.29, 1.82) is 0 Å². The summed E-state index contributed by atoms with van der Waals surface area (Å²) in [6.07, 6.45) is 1.73. The summed E-state index contributed by atoms with van der Waals surface area (Å²) in [5.74, 6) is -0.0127. The first kappa shape index (κ1) is 16.0. The van der Waals surface area contributed by atoms with E-state index in [1.165, 1.54) is 0 Å². The van der Waals surface area contributed by atoms with Gasteiger partial charge in [-0.1, -0.05) is 0 Å². The highest BCUT2D eigenvalue weighted by atomic mass is 16.5. The van der Waals surface area contributed by atoms with Crippen molar-refractivity contribution in [2.45, 2.75) is 19.4 Å². The zero-order chi connectivity index (χ0) is 16.4. The van der Waals surface area contributed by atoms with Crippen molar-refractivity contribution in [3.8, 4) is 0 Å². The Labute approximate surface area is 136 Å². The number of morpholine rings is 1. The standard InChI is InChI=1S/C17H24N4O2/c1-17(2,12-21-7-9-23-10-8-21)20(3)16(22)15-11-14-13(19-15)5-4-6-18-14/h4-6,11,19H,7-10,12H2,1-3H3. The number of pyridine rings is 1. The second-order valence-corrected chi connectivity index (χ2v) is 6.68. The molecule has 1 amide bonds. The molecule has 0 spiro atoms. The average molecular weight is 316 g/mol. The lowest BCUT2D eigenvalue weighted by Crippen LogP contribution is -2.54. The Kier molecular flexibility index (Phi) is 4.37. The van der Waals surface area contributed by atoms with E-state index in [-0.39, 0.29) is 11.4 Å². The number of carbonyl (C=O) groups excluding carboxylic acids is 1. The molecule has 1 N–H and O–H groups in total. The third kappa shape index (κ3) is 3.38. The first-order valence-electron chi connectivity index (χ1n) is 7.99. The molecule has 2 aromatic rings. The number of nitrogens with zero attached hydrogens (tertiary/aromatic N) is 3. The molecule has 2 aromatic heterocycles. The van der Waals surface area contributed by atoms with Gasteiger partial charge in [0.25, 0.3) is 5.91 Å². The van der Waals surface area contributed by atoms with E-state index >= 15 is 0 Å². The number of carbonyl (C=O) groups is 1. The van der Waals surface area contributed by atoms with Crippen LogP contribution >= 0.6 is 0 Å². The lowest BCUT2D eigenvalue weighted by Gasteiger charge is -2.40. The minimum Gasteiger partial charge on any atom is -0.379 e. The molecule has 1 saturated heterocycles. The molecule has 23 heavy (non-hydrogen) atoms. The van der Waals surface area contributed by atoms with Crippen molar-refractivity contribution in [1.82, 2.24) is 19.8 Å². The van der Waals surface area contributed by atoms with Crippen molar-refractivity contribution in [2.75, 3.05) is 39.9 Å². The predicted molar refractivity (Wildman–Crippen MR) is 89.5 cm³/mol. The average Bonchev–Trinajstić information content (AvgIpc) is 2.98. The van der Waals surface area contributed by atoms with Crippen LogP contribution in [0.3, 0.4) is 0 Å². The summed E-state index contributed by atoms with van der Waals surface area (Å²) in [6.45, 7) is 8.39. The minimum atomic E-state index is -0.265. The fraction of sp³-hybridized carbons (Fsp3) is 0.529. The maximum Gasteiger partial charge on any atom is 0.270 e. The minimum absolute atomic E-state index is 0.0127. The van der Waals surface area contributed by atoms with Crippen molar-refractivity contribution >= 4 is 16.9 Å². The van der Waals surface area contributed by atoms with E-state index in [1.807, 2.05) is 30.1 Å². The van der Waals surface area contributed by atoms with Crippen LogP contribution in [-0.2, 0) is 4.74 Å². The number of H-pyrrole nitrogens is 1. The maximum atomic E-state index is 12.8. The van der Waals surface area contributed by atoms with Crippen LogP contribution in [0.1, 0.15) is 24.3 Å². The van der Waals surface area contributed by atoms with Crippen molar-refractivity contribution in [3.63, 3.8) is 0 Å². The van der Waals surface area contributed by atoms with Gasteiger partial charge in [-0.3, -0.25) is 14.7 Å². The zero-order valence-electron chi connectivity index (χ0n) is 14.0. The highest BCUT2D eigenvalue weighted by Gasteiger charge is 2.31. The number of hydrogen-bond donors (Lipinski definition) is 1. The molecule has 1 fully saturated rings. The van der Waals surface area contributed by atoms with Gasteiger partial charge < -0.3 is 14.6 Å². The van der Waals surface area contributed by atoms with Crippen LogP contribution in [0, 0.1) is 0 Å². The number of aromatic amines is 1. The van der Waals surface area contributed by atoms with Gasteiger partial charge in [0, 0.05) is 38.4 Å². The molecule has 0 aromatic carbocycles. The van der Waals surface area contributed by atoms with Crippen LogP contribution in [0.25, 0.3) is 11.0 Å². The molecule has 0 bridgehead atoms. The number of fused-ring (bicyclic) bond motifs is 1. The fourth-order valence-corrected chi connectivity index (χ4v) is 2.94. The van der Waals surface area contributed by atoms with Gasteiger partial charge in [-0.05, 0) is 32.0 Å². The smallest absolute Gasteiger partial charge is 0.270 e. The molecule has 1 aliphatic rings. The number of aromatic nitrogens is 2. The van der Waals surface area contributed by atoms with E-state index in [0.29, 0.717) is 5.69 Å². The van der Waals surface area contributed by atoms with Crippen LogP contribution in [-0.4, -0.2) is 71.1 Å². The van der Waals surface area contributed by atoms with Gasteiger partial charge in [-0.15, -0.1) is 0 Å². The number of amides is 1. The van der Waals surface area contributed by atoms with Crippen molar-refractivity contribution < 1.29 is 9.53 Å². The SMILES string of the molecule is CN(C(=O)c1cc2ncccc2[nH]1)C(C)(C)CN1CCOCC1. The molecule has 3 rings (SSSR count). The largest absolute Gasteiger partial charge is 0.379 e. The lowest BCUT2D eigenvalue weighted by atomic mass is 10.0. The molecular weight excluding hydrogens is 292 g/mol. The molecule has 0 radical (unpaired) electrons. The third-order valence-electron chi connectivity index (χ3n) is 4.55. The van der Waals surface area contributed by atoms with E-state index in [2.05, 4.69) is 28.7 Å². The summed E-state index contributed by atoms with van der Waals surface area (Å²) in [6, 6.07) is 5.61. The highest BCUT2D eigenvalue weighted by Crippen LogP contribution is 2.20. The van der Waals surface area contributed by atoms with Gasteiger partial charge in [0.15, 0.2) is 0 Å². The number of nitrogens with one attached hydrogen (secondary N) is 1. The van der Waals surface area contributed by atoms with Crippen LogP contribution < -0.4 is 0 Å². The summed E-state index contributed by atoms with van der Waals surface area (Å²) < 4.78 is 5.39. The van der Waals surface area contributed by atoms with Crippen molar-refractivity contribution in [3.05, 3.63) is 30.1 Å². The molecule has 6 heteroatoms. The first-order chi connectivity index (χ1) is 11.0. The normalized spacial score (nSPS) is 16.7. The second-order valence-electron chi connectivity index (χ2n) is 6.68. The van der Waals surface area contributed by atoms with Gasteiger partial charge in [0.05, 0.1) is 24.2 Å². The van der Waals surface area contributed by atoms with Gasteiger partial charge in [-0.2, -0.15) is 0 Å². The molecule has 0 atom stereocenters. The van der Waals surface area contributed by atoms with Gasteiger partial charge in [0.1, 0.15) is 5.69 Å². The van der Waals surface area contributed by atoms with Crippen LogP contribution in [0.2, 0.25) is 0 Å². The molecule has 0 aliphatic carbocycles. The van der Waals surface area contributed by atoms with Gasteiger partial charge in [-0.25, -0.2) is 0 Å². The Morgan fingerprint density at radius 3 is 2.87 bits per heavy atom. The van der Waals surface area contributed by atoms with Gasteiger partial charge >= 0.3 is 0 Å². The Bertz CT molecular complexity index is 656. The van der Waals surface area contributed by atoms with Crippen LogP contribution in [0.5, 0.6) is 0 Å². The molecule has 6 nitrogen and oxygen atoms in total. The predicted octanol–water partition coefficient (Wildman–Crippen LogP) is 1.75. The Hall–Kier alpha value is -1.92. The fourth-order valence-electron chi connectivity index (χ4n) is 2.94. The monoisotopic (exact) mass is 316 g/mol. The summed E-state index contributed by atoms with van der Waals surface area (Å²) in [4.78, 5) is 24.4. The summed E-state index contributed by atoms with van der Waals surface area (Å²) in [5, 5.41) is 0. The third-order valence-corrected chi connectivity index (χ3v) is 4.55. The van der Waals surface area contributed by atoms with E-state index in [1.54, 1.807) is 6.20 Å². The van der Waals surface area contributed by atoms with E-state index in [9.17, 15) is 4.79 Å². The maximum absolute atomic E-state index is 12.8. The molecule has 124 valence electrons. The molecule has 3 heterocycles. The van der Waals surface area contributed by atoms with Crippen LogP contribution in [0.15, 0.2) is 24.4 Å². The molecular formula is C17H24N4O2. The number of hydrogen-bond acceptors (Lipinski definition) is 4.